The van der Waals surface area contributed by atoms with Crippen molar-refractivity contribution in [2.75, 3.05) is 11.9 Å². The lowest BCUT2D eigenvalue weighted by Crippen LogP contribution is -2.24. The second-order valence-corrected chi connectivity index (χ2v) is 4.58. The molecule has 0 saturated carbocycles. The van der Waals surface area contributed by atoms with Crippen molar-refractivity contribution in [3.63, 3.8) is 0 Å². The molecule has 0 bridgehead atoms. The van der Waals surface area contributed by atoms with Crippen LogP contribution in [0.4, 0.5) is 14.5 Å². The van der Waals surface area contributed by atoms with E-state index in [0.717, 1.165) is 6.92 Å². The summed E-state index contributed by atoms with van der Waals surface area (Å²) in [5, 5.41) is 11.2. The number of halogens is 3. The first-order valence-electron chi connectivity index (χ1n) is 4.75. The van der Waals surface area contributed by atoms with Crippen molar-refractivity contribution in [3.05, 3.63) is 23.5 Å². The van der Waals surface area contributed by atoms with Crippen molar-refractivity contribution >= 4 is 21.6 Å². The maximum atomic E-state index is 12.7. The monoisotopic (exact) mass is 304 g/mol. The highest BCUT2D eigenvalue weighted by atomic mass is 79.9. The van der Waals surface area contributed by atoms with E-state index in [9.17, 15) is 8.78 Å². The summed E-state index contributed by atoms with van der Waals surface area (Å²) in [6.07, 6.45) is 1.38. The molecule has 0 saturated heterocycles. The summed E-state index contributed by atoms with van der Waals surface area (Å²) in [5.41, 5.74) is 6.65. The fraction of sp³-hybridized carbons (Fsp3) is 0.400. The van der Waals surface area contributed by atoms with E-state index in [1.165, 1.54) is 12.3 Å². The van der Waals surface area contributed by atoms with Gasteiger partial charge in [0.1, 0.15) is 11.8 Å². The lowest BCUT2D eigenvalue weighted by molar-refractivity contribution is 0.0367. The number of hydrogen-bond donors (Lipinski definition) is 2. The van der Waals surface area contributed by atoms with Gasteiger partial charge in [0, 0.05) is 24.4 Å². The number of nitrogens with two attached hydrogens (primary N) is 1. The molecule has 7 heteroatoms. The van der Waals surface area contributed by atoms with E-state index in [0.29, 0.717) is 11.3 Å². The molecule has 0 aliphatic carbocycles. The number of nitrogens with zero attached hydrogens (tertiary/aromatic N) is 2. The third-order valence-electron chi connectivity index (χ3n) is 1.94. The molecule has 17 heavy (non-hydrogen) atoms. The highest BCUT2D eigenvalue weighted by Gasteiger charge is 2.21. The predicted octanol–water partition coefficient (Wildman–Crippen LogP) is 2.37. The first-order chi connectivity index (χ1) is 7.83. The molecule has 3 N–H and O–H groups in total. The van der Waals surface area contributed by atoms with Gasteiger partial charge in [-0.15, -0.1) is 0 Å². The van der Waals surface area contributed by atoms with Gasteiger partial charge in [0.15, 0.2) is 0 Å². The van der Waals surface area contributed by atoms with Gasteiger partial charge in [-0.25, -0.2) is 13.8 Å². The Kier molecular flexibility index (Phi) is 4.37. The number of pyridine rings is 1. The minimum absolute atomic E-state index is 0.142. The Morgan fingerprint density at radius 3 is 2.82 bits per heavy atom. The molecule has 1 atom stereocenters. The largest absolute Gasteiger partial charge is 0.379 e. The van der Waals surface area contributed by atoms with Crippen LogP contribution >= 0.6 is 15.9 Å². The van der Waals surface area contributed by atoms with Crippen LogP contribution in [0.15, 0.2) is 12.3 Å². The van der Waals surface area contributed by atoms with Crippen molar-refractivity contribution < 1.29 is 8.78 Å². The molecule has 1 rings (SSSR count). The minimum atomic E-state index is -2.84. The van der Waals surface area contributed by atoms with Crippen molar-refractivity contribution in [2.24, 2.45) is 5.73 Å². The SMILES string of the molecule is CC(F)(F)CNc1cc(C#N)ncc1C(N)Br. The highest BCUT2D eigenvalue weighted by molar-refractivity contribution is 9.09. The third kappa shape index (κ3) is 4.24. The Morgan fingerprint density at radius 2 is 2.35 bits per heavy atom. The fourth-order valence-corrected chi connectivity index (χ4v) is 1.52. The molecule has 0 aromatic carbocycles. The van der Waals surface area contributed by atoms with Crippen LogP contribution < -0.4 is 11.1 Å². The van der Waals surface area contributed by atoms with Gasteiger partial charge in [0.25, 0.3) is 5.92 Å². The van der Waals surface area contributed by atoms with Crippen LogP contribution in [0.3, 0.4) is 0 Å². The zero-order valence-electron chi connectivity index (χ0n) is 9.04. The molecule has 0 aliphatic rings. The molecular weight excluding hydrogens is 294 g/mol. The highest BCUT2D eigenvalue weighted by Crippen LogP contribution is 2.26. The van der Waals surface area contributed by atoms with Crippen LogP contribution in [-0.2, 0) is 0 Å². The summed E-state index contributed by atoms with van der Waals surface area (Å²) in [6.45, 7) is 0.273. The quantitative estimate of drug-likeness (QED) is 0.661. The average Bonchev–Trinajstić information content (AvgIpc) is 2.24. The van der Waals surface area contributed by atoms with Gasteiger partial charge in [-0.05, 0) is 6.07 Å². The van der Waals surface area contributed by atoms with Gasteiger partial charge in [-0.1, -0.05) is 15.9 Å². The van der Waals surface area contributed by atoms with Crippen LogP contribution in [0.2, 0.25) is 0 Å². The Hall–Kier alpha value is -1.26. The summed E-state index contributed by atoms with van der Waals surface area (Å²) in [4.78, 5) is 3.29. The molecule has 0 radical (unpaired) electrons. The second kappa shape index (κ2) is 5.38. The first-order valence-corrected chi connectivity index (χ1v) is 5.66. The fourth-order valence-electron chi connectivity index (χ4n) is 1.15. The number of nitrogens with one attached hydrogen (secondary N) is 1. The molecule has 4 nitrogen and oxygen atoms in total. The molecule has 1 heterocycles. The van der Waals surface area contributed by atoms with Gasteiger partial charge in [-0.3, -0.25) is 0 Å². The van der Waals surface area contributed by atoms with Crippen LogP contribution in [0.5, 0.6) is 0 Å². The van der Waals surface area contributed by atoms with Crippen LogP contribution in [0.1, 0.15) is 23.1 Å². The molecule has 0 aliphatic heterocycles. The topological polar surface area (TPSA) is 74.7 Å². The molecule has 1 aromatic heterocycles. The smallest absolute Gasteiger partial charge is 0.262 e. The zero-order valence-corrected chi connectivity index (χ0v) is 10.6. The maximum absolute atomic E-state index is 12.7. The molecule has 0 spiro atoms. The summed E-state index contributed by atoms with van der Waals surface area (Å²) in [6, 6.07) is 3.23. The molecule has 0 fully saturated rings. The number of nitriles is 1. The van der Waals surface area contributed by atoms with E-state index in [2.05, 4.69) is 26.2 Å². The molecule has 92 valence electrons. The number of hydrogen-bond acceptors (Lipinski definition) is 4. The molecule has 0 amide bonds. The van der Waals surface area contributed by atoms with Crippen LogP contribution in [0.25, 0.3) is 0 Å². The van der Waals surface area contributed by atoms with Crippen molar-refractivity contribution in [1.29, 1.82) is 5.26 Å². The van der Waals surface area contributed by atoms with E-state index >= 15 is 0 Å². The first kappa shape index (κ1) is 13.8. The van der Waals surface area contributed by atoms with Crippen LogP contribution in [-0.4, -0.2) is 17.5 Å². The third-order valence-corrected chi connectivity index (χ3v) is 2.43. The molecule has 1 aromatic rings. The summed E-state index contributed by atoms with van der Waals surface area (Å²) in [5.74, 6) is -2.84. The Morgan fingerprint density at radius 1 is 1.71 bits per heavy atom. The Balaban J connectivity index is 2.98. The van der Waals surface area contributed by atoms with Crippen molar-refractivity contribution in [3.8, 4) is 6.07 Å². The van der Waals surface area contributed by atoms with E-state index < -0.39 is 17.4 Å². The lowest BCUT2D eigenvalue weighted by Gasteiger charge is -2.16. The molecular formula is C10H11BrF2N4. The number of rotatable bonds is 4. The zero-order chi connectivity index (χ0) is 13.1. The summed E-state index contributed by atoms with van der Waals surface area (Å²) in [7, 11) is 0. The predicted molar refractivity (Wildman–Crippen MR) is 63.9 cm³/mol. The van der Waals surface area contributed by atoms with E-state index in [4.69, 9.17) is 11.0 Å². The summed E-state index contributed by atoms with van der Waals surface area (Å²) >= 11 is 3.13. The molecule has 1 unspecified atom stereocenters. The van der Waals surface area contributed by atoms with Crippen molar-refractivity contribution in [1.82, 2.24) is 4.98 Å². The summed E-state index contributed by atoms with van der Waals surface area (Å²) < 4.78 is 25.5. The average molecular weight is 305 g/mol. The van der Waals surface area contributed by atoms with E-state index in [-0.39, 0.29) is 5.69 Å². The van der Waals surface area contributed by atoms with Gasteiger partial charge in [-0.2, -0.15) is 5.26 Å². The second-order valence-electron chi connectivity index (χ2n) is 3.59. The van der Waals surface area contributed by atoms with Gasteiger partial charge >= 0.3 is 0 Å². The Labute approximate surface area is 106 Å². The van der Waals surface area contributed by atoms with Gasteiger partial charge in [0.2, 0.25) is 0 Å². The van der Waals surface area contributed by atoms with E-state index in [1.807, 2.05) is 6.07 Å². The van der Waals surface area contributed by atoms with Crippen molar-refractivity contribution in [2.45, 2.75) is 17.8 Å². The standard InChI is InChI=1S/C10H11BrF2N4/c1-10(12,13)5-17-8-2-6(3-14)16-4-7(8)9(11)15/h2,4,9H,5,15H2,1H3,(H,16,17). The minimum Gasteiger partial charge on any atom is -0.379 e. The Bertz CT molecular complexity index is 437. The van der Waals surface area contributed by atoms with Gasteiger partial charge < -0.3 is 11.1 Å². The number of alkyl halides is 3. The number of anilines is 1. The lowest BCUT2D eigenvalue weighted by atomic mass is 10.2. The normalized spacial score (nSPS) is 12.9. The van der Waals surface area contributed by atoms with E-state index in [1.54, 1.807) is 0 Å². The van der Waals surface area contributed by atoms with Crippen LogP contribution in [0, 0.1) is 11.3 Å². The van der Waals surface area contributed by atoms with Gasteiger partial charge in [0.05, 0.1) is 11.5 Å². The maximum Gasteiger partial charge on any atom is 0.262 e. The number of aromatic nitrogens is 1.